The van der Waals surface area contributed by atoms with E-state index < -0.39 is 0 Å². The highest BCUT2D eigenvalue weighted by atomic mass is 16.5. The summed E-state index contributed by atoms with van der Waals surface area (Å²) in [6.45, 7) is 6.34. The van der Waals surface area contributed by atoms with Gasteiger partial charge in [0.15, 0.2) is 5.78 Å². The Kier molecular flexibility index (Phi) is 7.75. The van der Waals surface area contributed by atoms with Gasteiger partial charge in [0.2, 0.25) is 0 Å². The van der Waals surface area contributed by atoms with E-state index >= 15 is 0 Å². The summed E-state index contributed by atoms with van der Waals surface area (Å²) in [6.07, 6.45) is 0. The van der Waals surface area contributed by atoms with Gasteiger partial charge in [-0.05, 0) is 20.8 Å². The van der Waals surface area contributed by atoms with Crippen LogP contribution in [0.25, 0.3) is 0 Å². The van der Waals surface area contributed by atoms with E-state index in [1.807, 2.05) is 25.1 Å². The van der Waals surface area contributed by atoms with Gasteiger partial charge in [-0.15, -0.1) is 0 Å². The van der Waals surface area contributed by atoms with Crippen molar-refractivity contribution in [2.45, 2.75) is 20.8 Å². The Morgan fingerprint density at radius 2 is 1.86 bits per heavy atom. The van der Waals surface area contributed by atoms with Crippen molar-refractivity contribution >= 4 is 5.78 Å². The van der Waals surface area contributed by atoms with E-state index in [1.165, 1.54) is 12.5 Å². The number of carbonyl (C=O) groups excluding carboxylic acids is 1. The Bertz CT molecular complexity index is 242. The molecule has 1 aromatic carbocycles. The second-order valence-corrected chi connectivity index (χ2v) is 2.99. The number of Topliss-reactive ketones (excluding diaryl/α,β-unsaturated/α-hetero) is 1. The van der Waals surface area contributed by atoms with E-state index in [0.29, 0.717) is 6.61 Å². The molecule has 0 bridgehead atoms. The van der Waals surface area contributed by atoms with Crippen LogP contribution in [0.2, 0.25) is 0 Å². The third-order valence-corrected chi connectivity index (χ3v) is 1.45. The number of ketones is 1. The SMILES string of the molecule is CCOCC(C)=O.Cc1ccccc1. The smallest absolute Gasteiger partial charge is 0.155 e. The topological polar surface area (TPSA) is 26.3 Å². The van der Waals surface area contributed by atoms with Gasteiger partial charge in [-0.1, -0.05) is 35.9 Å². The average molecular weight is 194 g/mol. The molecule has 0 aliphatic heterocycles. The van der Waals surface area contributed by atoms with Crippen molar-refractivity contribution in [2.24, 2.45) is 0 Å². The fraction of sp³-hybridized carbons (Fsp3) is 0.417. The molecular weight excluding hydrogens is 176 g/mol. The molecular formula is C12H18O2. The predicted octanol–water partition coefficient (Wildman–Crippen LogP) is 2.61. The summed E-state index contributed by atoms with van der Waals surface area (Å²) >= 11 is 0. The quantitative estimate of drug-likeness (QED) is 0.739. The second-order valence-electron chi connectivity index (χ2n) is 2.99. The third-order valence-electron chi connectivity index (χ3n) is 1.45. The summed E-state index contributed by atoms with van der Waals surface area (Å²) < 4.78 is 4.75. The van der Waals surface area contributed by atoms with Crippen LogP contribution in [0.15, 0.2) is 30.3 Å². The molecule has 2 nitrogen and oxygen atoms in total. The maximum atomic E-state index is 10.1. The lowest BCUT2D eigenvalue weighted by Crippen LogP contribution is -2.02. The molecule has 0 saturated heterocycles. The van der Waals surface area contributed by atoms with Crippen molar-refractivity contribution in [2.75, 3.05) is 13.2 Å². The number of aryl methyl sites for hydroxylation is 1. The van der Waals surface area contributed by atoms with Crippen LogP contribution in [0.1, 0.15) is 19.4 Å². The zero-order valence-corrected chi connectivity index (χ0v) is 9.12. The van der Waals surface area contributed by atoms with E-state index in [2.05, 4.69) is 19.1 Å². The molecule has 0 heterocycles. The minimum atomic E-state index is 0.0850. The Morgan fingerprint density at radius 3 is 2.07 bits per heavy atom. The summed E-state index contributed by atoms with van der Waals surface area (Å²) in [5.74, 6) is 0.0850. The summed E-state index contributed by atoms with van der Waals surface area (Å²) in [7, 11) is 0. The molecule has 0 radical (unpaired) electrons. The fourth-order valence-electron chi connectivity index (χ4n) is 0.780. The highest BCUT2D eigenvalue weighted by Crippen LogP contribution is 1.92. The van der Waals surface area contributed by atoms with Gasteiger partial charge in [-0.25, -0.2) is 0 Å². The van der Waals surface area contributed by atoms with Gasteiger partial charge in [-0.2, -0.15) is 0 Å². The van der Waals surface area contributed by atoms with Crippen LogP contribution in [0.5, 0.6) is 0 Å². The second kappa shape index (κ2) is 8.45. The van der Waals surface area contributed by atoms with E-state index in [4.69, 9.17) is 4.74 Å². The lowest BCUT2D eigenvalue weighted by atomic mass is 10.2. The molecule has 0 unspecified atom stereocenters. The summed E-state index contributed by atoms with van der Waals surface area (Å²) in [5.41, 5.74) is 1.32. The predicted molar refractivity (Wildman–Crippen MR) is 58.4 cm³/mol. The van der Waals surface area contributed by atoms with E-state index in [-0.39, 0.29) is 12.4 Å². The first-order valence-corrected chi connectivity index (χ1v) is 4.75. The first kappa shape index (κ1) is 12.8. The zero-order chi connectivity index (χ0) is 10.8. The van der Waals surface area contributed by atoms with E-state index in [1.54, 1.807) is 0 Å². The number of hydrogen-bond donors (Lipinski definition) is 0. The Morgan fingerprint density at radius 1 is 1.29 bits per heavy atom. The van der Waals surface area contributed by atoms with Crippen LogP contribution in [-0.4, -0.2) is 19.0 Å². The summed E-state index contributed by atoms with van der Waals surface area (Å²) in [4.78, 5) is 10.1. The fourth-order valence-corrected chi connectivity index (χ4v) is 0.780. The molecule has 0 aliphatic rings. The van der Waals surface area contributed by atoms with Crippen LogP contribution in [0.4, 0.5) is 0 Å². The van der Waals surface area contributed by atoms with Crippen molar-refractivity contribution in [3.63, 3.8) is 0 Å². The van der Waals surface area contributed by atoms with Crippen LogP contribution in [0, 0.1) is 6.92 Å². The normalized spacial score (nSPS) is 8.79. The van der Waals surface area contributed by atoms with Crippen molar-refractivity contribution in [1.82, 2.24) is 0 Å². The molecule has 0 aliphatic carbocycles. The number of rotatable bonds is 3. The number of ether oxygens (including phenoxy) is 1. The number of carbonyl (C=O) groups is 1. The van der Waals surface area contributed by atoms with Crippen LogP contribution >= 0.6 is 0 Å². The molecule has 0 saturated carbocycles. The summed E-state index contributed by atoms with van der Waals surface area (Å²) in [6, 6.07) is 10.3. The summed E-state index contributed by atoms with van der Waals surface area (Å²) in [5, 5.41) is 0. The van der Waals surface area contributed by atoms with Gasteiger partial charge in [-0.3, -0.25) is 4.79 Å². The van der Waals surface area contributed by atoms with Gasteiger partial charge in [0.05, 0.1) is 0 Å². The van der Waals surface area contributed by atoms with Crippen LogP contribution in [0.3, 0.4) is 0 Å². The molecule has 2 heteroatoms. The van der Waals surface area contributed by atoms with Gasteiger partial charge < -0.3 is 4.74 Å². The van der Waals surface area contributed by atoms with E-state index in [0.717, 1.165) is 0 Å². The monoisotopic (exact) mass is 194 g/mol. The zero-order valence-electron chi connectivity index (χ0n) is 9.12. The molecule has 0 amide bonds. The largest absolute Gasteiger partial charge is 0.374 e. The van der Waals surface area contributed by atoms with Gasteiger partial charge >= 0.3 is 0 Å². The molecule has 78 valence electrons. The van der Waals surface area contributed by atoms with Crippen molar-refractivity contribution < 1.29 is 9.53 Å². The molecule has 1 rings (SSSR count). The highest BCUT2D eigenvalue weighted by molar-refractivity contribution is 5.76. The lowest BCUT2D eigenvalue weighted by Gasteiger charge is -1.91. The van der Waals surface area contributed by atoms with Gasteiger partial charge in [0.25, 0.3) is 0 Å². The van der Waals surface area contributed by atoms with Crippen molar-refractivity contribution in [3.05, 3.63) is 35.9 Å². The maximum Gasteiger partial charge on any atom is 0.155 e. The molecule has 0 fully saturated rings. The van der Waals surface area contributed by atoms with E-state index in [9.17, 15) is 4.79 Å². The molecule has 14 heavy (non-hydrogen) atoms. The third kappa shape index (κ3) is 8.94. The van der Waals surface area contributed by atoms with Crippen LogP contribution < -0.4 is 0 Å². The van der Waals surface area contributed by atoms with Gasteiger partial charge in [0.1, 0.15) is 6.61 Å². The van der Waals surface area contributed by atoms with Crippen LogP contribution in [-0.2, 0) is 9.53 Å². The lowest BCUT2D eigenvalue weighted by molar-refractivity contribution is -0.121. The molecule has 0 N–H and O–H groups in total. The maximum absolute atomic E-state index is 10.1. The molecule has 0 atom stereocenters. The molecule has 0 aromatic heterocycles. The highest BCUT2D eigenvalue weighted by Gasteiger charge is 1.86. The first-order chi connectivity index (χ1) is 6.66. The molecule has 1 aromatic rings. The van der Waals surface area contributed by atoms with Crippen molar-refractivity contribution in [3.8, 4) is 0 Å². The first-order valence-electron chi connectivity index (χ1n) is 4.75. The minimum Gasteiger partial charge on any atom is -0.374 e. The van der Waals surface area contributed by atoms with Crippen molar-refractivity contribution in [1.29, 1.82) is 0 Å². The standard InChI is InChI=1S/C7H8.C5H10O2/c1-7-5-3-2-4-6-7;1-3-7-4-5(2)6/h2-6H,1H3;3-4H2,1-2H3. The average Bonchev–Trinajstić information content (AvgIpc) is 2.17. The molecule has 0 spiro atoms. The number of benzene rings is 1. The Labute approximate surface area is 85.9 Å². The minimum absolute atomic E-state index is 0.0850. The Balaban J connectivity index is 0.000000241. The Hall–Kier alpha value is -1.15. The number of hydrogen-bond acceptors (Lipinski definition) is 2. The van der Waals surface area contributed by atoms with Gasteiger partial charge in [0, 0.05) is 6.61 Å².